The SMILES string of the molecule is CCOC(=O)c1ccc(NC(=O)N(CCc2ccccc2)C(CC)c2nc3ccccc3c(=O)n2-c2ccc(OC)cc2)cc1. The highest BCUT2D eigenvalue weighted by Crippen LogP contribution is 2.28. The number of hydrogen-bond acceptors (Lipinski definition) is 6. The molecular formula is C36H36N4O5. The average Bonchev–Trinajstić information content (AvgIpc) is 3.07. The number of aromatic nitrogens is 2. The third-order valence-corrected chi connectivity index (χ3v) is 7.59. The number of amides is 2. The molecule has 0 aliphatic heterocycles. The Hall–Kier alpha value is -5.44. The van der Waals surface area contributed by atoms with Gasteiger partial charge in [0.25, 0.3) is 5.56 Å². The molecule has 0 aliphatic carbocycles. The number of nitrogens with zero attached hydrogens (tertiary/aromatic N) is 3. The highest BCUT2D eigenvalue weighted by Gasteiger charge is 2.29. The van der Waals surface area contributed by atoms with E-state index in [-0.39, 0.29) is 18.2 Å². The van der Waals surface area contributed by atoms with Crippen LogP contribution in [0.25, 0.3) is 16.6 Å². The van der Waals surface area contributed by atoms with Crippen molar-refractivity contribution in [3.05, 3.63) is 130 Å². The third kappa shape index (κ3) is 7.04. The molecule has 1 aromatic heterocycles. The highest BCUT2D eigenvalue weighted by atomic mass is 16.5. The van der Waals surface area contributed by atoms with Crippen LogP contribution in [0, 0.1) is 0 Å². The maximum atomic E-state index is 14.1. The van der Waals surface area contributed by atoms with Crippen LogP contribution in [0.1, 0.15) is 48.1 Å². The van der Waals surface area contributed by atoms with Gasteiger partial charge in [0.05, 0.1) is 41.9 Å². The lowest BCUT2D eigenvalue weighted by molar-refractivity contribution is 0.0526. The molecule has 0 aliphatic rings. The summed E-state index contributed by atoms with van der Waals surface area (Å²) in [6, 6.07) is 30.0. The summed E-state index contributed by atoms with van der Waals surface area (Å²) in [4.78, 5) is 47.0. The van der Waals surface area contributed by atoms with E-state index in [1.54, 1.807) is 66.0 Å². The fraction of sp³-hybridized carbons (Fsp3) is 0.222. The van der Waals surface area contributed by atoms with E-state index in [9.17, 15) is 14.4 Å². The normalized spacial score (nSPS) is 11.5. The van der Waals surface area contributed by atoms with E-state index in [1.165, 1.54) is 0 Å². The minimum atomic E-state index is -0.563. The fourth-order valence-electron chi connectivity index (χ4n) is 5.29. The van der Waals surface area contributed by atoms with E-state index in [0.29, 0.717) is 58.8 Å². The minimum absolute atomic E-state index is 0.225. The molecule has 2 amide bonds. The molecule has 5 rings (SSSR count). The molecule has 0 saturated heterocycles. The fourth-order valence-corrected chi connectivity index (χ4v) is 5.29. The summed E-state index contributed by atoms with van der Waals surface area (Å²) in [5.74, 6) is 0.684. The molecule has 230 valence electrons. The lowest BCUT2D eigenvalue weighted by atomic mass is 10.1. The Balaban J connectivity index is 1.57. The quantitative estimate of drug-likeness (QED) is 0.166. The van der Waals surface area contributed by atoms with Gasteiger partial charge in [-0.1, -0.05) is 49.4 Å². The summed E-state index contributed by atoms with van der Waals surface area (Å²) in [5, 5.41) is 3.47. The van der Waals surface area contributed by atoms with Gasteiger partial charge in [0.15, 0.2) is 0 Å². The minimum Gasteiger partial charge on any atom is -0.497 e. The van der Waals surface area contributed by atoms with Gasteiger partial charge < -0.3 is 19.7 Å². The van der Waals surface area contributed by atoms with Gasteiger partial charge in [-0.25, -0.2) is 14.6 Å². The number of anilines is 1. The second-order valence-electron chi connectivity index (χ2n) is 10.4. The zero-order valence-electron chi connectivity index (χ0n) is 25.6. The molecule has 4 aromatic carbocycles. The standard InChI is InChI=1S/C36H36N4O5/c1-4-32(33-38-31-14-10-9-13-30(31)34(41)40(33)28-19-21-29(44-3)22-20-28)39(24-23-25-11-7-6-8-12-25)36(43)37-27-17-15-26(16-18-27)35(42)45-5-2/h6-22,32H,4-5,23-24H2,1-3H3,(H,37,43). The monoisotopic (exact) mass is 604 g/mol. The predicted molar refractivity (Wildman–Crippen MR) is 175 cm³/mol. The average molecular weight is 605 g/mol. The van der Waals surface area contributed by atoms with E-state index in [0.717, 1.165) is 5.56 Å². The number of hydrogen-bond donors (Lipinski definition) is 1. The highest BCUT2D eigenvalue weighted by molar-refractivity contribution is 5.92. The molecule has 9 nitrogen and oxygen atoms in total. The Morgan fingerprint density at radius 2 is 1.58 bits per heavy atom. The third-order valence-electron chi connectivity index (χ3n) is 7.59. The molecule has 1 N–H and O–H groups in total. The predicted octanol–water partition coefficient (Wildman–Crippen LogP) is 6.80. The van der Waals surface area contributed by atoms with Gasteiger partial charge in [0.1, 0.15) is 11.6 Å². The molecule has 0 fully saturated rings. The van der Waals surface area contributed by atoms with Crippen molar-refractivity contribution in [3.63, 3.8) is 0 Å². The molecule has 5 aromatic rings. The summed E-state index contributed by atoms with van der Waals surface area (Å²) < 4.78 is 12.0. The van der Waals surface area contributed by atoms with E-state index in [2.05, 4.69) is 5.32 Å². The van der Waals surface area contributed by atoms with Gasteiger partial charge in [-0.15, -0.1) is 0 Å². The van der Waals surface area contributed by atoms with Crippen LogP contribution in [0.15, 0.2) is 108 Å². The summed E-state index contributed by atoms with van der Waals surface area (Å²) in [5.41, 5.74) is 2.93. The maximum Gasteiger partial charge on any atom is 0.338 e. The second kappa shape index (κ2) is 14.4. The van der Waals surface area contributed by atoms with Crippen molar-refractivity contribution in [2.45, 2.75) is 32.7 Å². The Labute approximate surface area is 262 Å². The van der Waals surface area contributed by atoms with Gasteiger partial charge in [0, 0.05) is 12.2 Å². The number of carbonyl (C=O) groups excluding carboxylic acids is 2. The largest absolute Gasteiger partial charge is 0.497 e. The molecule has 45 heavy (non-hydrogen) atoms. The summed E-state index contributed by atoms with van der Waals surface area (Å²) in [6.07, 6.45) is 1.08. The first kappa shape index (κ1) is 31.0. The lowest BCUT2D eigenvalue weighted by Gasteiger charge is -2.32. The smallest absolute Gasteiger partial charge is 0.338 e. The number of rotatable bonds is 11. The Morgan fingerprint density at radius 3 is 2.24 bits per heavy atom. The van der Waals surface area contributed by atoms with Crippen LogP contribution in [0.5, 0.6) is 5.75 Å². The van der Waals surface area contributed by atoms with Crippen LogP contribution < -0.4 is 15.6 Å². The van der Waals surface area contributed by atoms with Gasteiger partial charge >= 0.3 is 12.0 Å². The molecule has 9 heteroatoms. The van der Waals surface area contributed by atoms with E-state index in [4.69, 9.17) is 14.5 Å². The Morgan fingerprint density at radius 1 is 0.889 bits per heavy atom. The molecule has 0 bridgehead atoms. The van der Waals surface area contributed by atoms with Crippen LogP contribution in [0.4, 0.5) is 10.5 Å². The molecular weight excluding hydrogens is 568 g/mol. The number of urea groups is 1. The van der Waals surface area contributed by atoms with Crippen LogP contribution in [-0.4, -0.2) is 46.7 Å². The first-order chi connectivity index (χ1) is 21.9. The van der Waals surface area contributed by atoms with Crippen molar-refractivity contribution >= 4 is 28.6 Å². The zero-order chi connectivity index (χ0) is 31.8. The molecule has 1 unspecified atom stereocenters. The van der Waals surface area contributed by atoms with Crippen molar-refractivity contribution in [3.8, 4) is 11.4 Å². The van der Waals surface area contributed by atoms with Crippen molar-refractivity contribution < 1.29 is 19.1 Å². The number of nitrogens with one attached hydrogen (secondary N) is 1. The number of esters is 1. The van der Waals surface area contributed by atoms with Crippen molar-refractivity contribution in [1.29, 1.82) is 0 Å². The topological polar surface area (TPSA) is 103 Å². The van der Waals surface area contributed by atoms with Crippen LogP contribution in [0.2, 0.25) is 0 Å². The number of methoxy groups -OCH3 is 1. The Kier molecular flexibility index (Phi) is 9.89. The zero-order valence-corrected chi connectivity index (χ0v) is 25.6. The van der Waals surface area contributed by atoms with Crippen molar-refractivity contribution in [2.75, 3.05) is 25.6 Å². The molecule has 0 radical (unpaired) electrons. The number of ether oxygens (including phenoxy) is 2. The van der Waals surface area contributed by atoms with Crippen molar-refractivity contribution in [2.24, 2.45) is 0 Å². The number of para-hydroxylation sites is 1. The second-order valence-corrected chi connectivity index (χ2v) is 10.4. The molecule has 0 spiro atoms. The van der Waals surface area contributed by atoms with Crippen molar-refractivity contribution in [1.82, 2.24) is 14.5 Å². The summed E-state index contributed by atoms with van der Waals surface area (Å²) in [6.45, 7) is 4.36. The van der Waals surface area contributed by atoms with Crippen LogP contribution in [-0.2, 0) is 11.2 Å². The molecule has 0 saturated carbocycles. The summed E-state index contributed by atoms with van der Waals surface area (Å²) >= 11 is 0. The van der Waals surface area contributed by atoms with E-state index >= 15 is 0 Å². The maximum absolute atomic E-state index is 14.1. The summed E-state index contributed by atoms with van der Waals surface area (Å²) in [7, 11) is 1.59. The molecule has 1 heterocycles. The lowest BCUT2D eigenvalue weighted by Crippen LogP contribution is -2.42. The van der Waals surface area contributed by atoms with Gasteiger partial charge in [-0.05, 0) is 86.0 Å². The van der Waals surface area contributed by atoms with Gasteiger partial charge in [-0.3, -0.25) is 9.36 Å². The number of benzene rings is 4. The van der Waals surface area contributed by atoms with E-state index in [1.807, 2.05) is 67.6 Å². The number of fused-ring (bicyclic) bond motifs is 1. The Bertz CT molecular complexity index is 1820. The first-order valence-corrected chi connectivity index (χ1v) is 15.0. The van der Waals surface area contributed by atoms with Crippen LogP contribution in [0.3, 0.4) is 0 Å². The van der Waals surface area contributed by atoms with E-state index < -0.39 is 12.0 Å². The van der Waals surface area contributed by atoms with Crippen LogP contribution >= 0.6 is 0 Å². The van der Waals surface area contributed by atoms with Gasteiger partial charge in [-0.2, -0.15) is 0 Å². The first-order valence-electron chi connectivity index (χ1n) is 15.0. The molecule has 1 atom stereocenters. The van der Waals surface area contributed by atoms with Gasteiger partial charge in [0.2, 0.25) is 0 Å². The number of carbonyl (C=O) groups is 2.